The Morgan fingerprint density at radius 3 is 2.64 bits per heavy atom. The standard InChI is InChI=1S/C32H44N6O4/c1-4-30(40)36-16-18-37(19-17-36)31-27-11-15-38(29(12-20-39)26-9-6-5-8-24(26)2)23-28(27)33-32(34-31)42-21-7-13-35-14-10-25(22-35)41-3/h4-6,8-9,12,25,39H,1,7,10-11,13-23H2,2-3H3/b29-12+. The van der Waals surface area contributed by atoms with Crippen LogP contribution in [0.2, 0.25) is 0 Å². The average molecular weight is 577 g/mol. The minimum absolute atomic E-state index is 0.0340. The molecule has 4 heterocycles. The molecule has 1 N–H and O–H groups in total. The second-order valence-electron chi connectivity index (χ2n) is 11.2. The summed E-state index contributed by atoms with van der Waals surface area (Å²) in [6.07, 6.45) is 6.33. The van der Waals surface area contributed by atoms with Gasteiger partial charge in [0.25, 0.3) is 0 Å². The Hall–Kier alpha value is -3.47. The lowest BCUT2D eigenvalue weighted by atomic mass is 9.99. The van der Waals surface area contributed by atoms with Crippen molar-refractivity contribution in [1.82, 2.24) is 24.7 Å². The highest BCUT2D eigenvalue weighted by Crippen LogP contribution is 2.33. The molecule has 1 atom stereocenters. The zero-order valence-corrected chi connectivity index (χ0v) is 25.0. The van der Waals surface area contributed by atoms with Crippen molar-refractivity contribution in [2.75, 3.05) is 77.6 Å². The van der Waals surface area contributed by atoms with Crippen LogP contribution in [0.1, 0.15) is 35.2 Å². The zero-order valence-electron chi connectivity index (χ0n) is 25.0. The summed E-state index contributed by atoms with van der Waals surface area (Å²) in [4.78, 5) is 30.8. The Morgan fingerprint density at radius 2 is 1.93 bits per heavy atom. The van der Waals surface area contributed by atoms with Crippen LogP contribution in [-0.2, 0) is 22.5 Å². The molecule has 226 valence electrons. The topological polar surface area (TPSA) is 94.5 Å². The molecule has 10 heteroatoms. The molecule has 0 saturated carbocycles. The summed E-state index contributed by atoms with van der Waals surface area (Å²) in [5, 5.41) is 9.88. The van der Waals surface area contributed by atoms with Gasteiger partial charge in [-0.2, -0.15) is 9.97 Å². The fourth-order valence-electron chi connectivity index (χ4n) is 6.19. The van der Waals surface area contributed by atoms with Crippen LogP contribution in [0.4, 0.5) is 5.82 Å². The SMILES string of the molecule is C=CC(=O)N1CCN(c2nc(OCCCN3CCC(OC)C3)nc3c2CCN(/C(=C/CO)c2ccccc2C)C3)CC1. The number of ether oxygens (including phenoxy) is 2. The number of amides is 1. The molecule has 2 fully saturated rings. The average Bonchev–Trinajstić information content (AvgIpc) is 3.49. The summed E-state index contributed by atoms with van der Waals surface area (Å²) in [7, 11) is 1.78. The minimum Gasteiger partial charge on any atom is -0.463 e. The number of piperazine rings is 1. The summed E-state index contributed by atoms with van der Waals surface area (Å²) >= 11 is 0. The largest absolute Gasteiger partial charge is 0.463 e. The molecule has 3 aliphatic rings. The summed E-state index contributed by atoms with van der Waals surface area (Å²) in [6.45, 7) is 13.2. The van der Waals surface area contributed by atoms with Crippen molar-refractivity contribution in [2.45, 2.75) is 38.8 Å². The number of aryl methyl sites for hydroxylation is 1. The maximum Gasteiger partial charge on any atom is 0.318 e. The van der Waals surface area contributed by atoms with Crippen molar-refractivity contribution in [2.24, 2.45) is 0 Å². The number of carbonyl (C=O) groups is 1. The molecule has 5 rings (SSSR count). The smallest absolute Gasteiger partial charge is 0.318 e. The van der Waals surface area contributed by atoms with E-state index >= 15 is 0 Å². The lowest BCUT2D eigenvalue weighted by Gasteiger charge is -2.38. The predicted octanol–water partition coefficient (Wildman–Crippen LogP) is 2.50. The van der Waals surface area contributed by atoms with Gasteiger partial charge in [-0.15, -0.1) is 0 Å². The maximum atomic E-state index is 12.2. The van der Waals surface area contributed by atoms with E-state index in [1.807, 2.05) is 23.1 Å². The molecule has 1 aromatic carbocycles. The second kappa shape index (κ2) is 14.1. The number of hydrogen-bond donors (Lipinski definition) is 1. The molecule has 3 aliphatic heterocycles. The van der Waals surface area contributed by atoms with Gasteiger partial charge >= 0.3 is 6.01 Å². The Bertz CT molecular complexity index is 1280. The van der Waals surface area contributed by atoms with E-state index in [9.17, 15) is 9.90 Å². The molecule has 42 heavy (non-hydrogen) atoms. The van der Waals surface area contributed by atoms with Crippen molar-refractivity contribution < 1.29 is 19.4 Å². The fraction of sp³-hybridized carbons (Fsp3) is 0.531. The number of carbonyl (C=O) groups excluding carboxylic acids is 1. The monoisotopic (exact) mass is 576 g/mol. The third-order valence-corrected chi connectivity index (χ3v) is 8.55. The van der Waals surface area contributed by atoms with E-state index in [4.69, 9.17) is 19.4 Å². The number of methoxy groups -OCH3 is 1. The van der Waals surface area contributed by atoms with E-state index < -0.39 is 0 Å². The Labute approximate surface area is 249 Å². The zero-order chi connectivity index (χ0) is 29.5. The number of nitrogens with zero attached hydrogens (tertiary/aromatic N) is 6. The quantitative estimate of drug-likeness (QED) is 0.320. The van der Waals surface area contributed by atoms with Crippen molar-refractivity contribution in [1.29, 1.82) is 0 Å². The van der Waals surface area contributed by atoms with E-state index in [1.165, 1.54) is 6.08 Å². The summed E-state index contributed by atoms with van der Waals surface area (Å²) in [5.41, 5.74) is 5.38. The number of rotatable bonds is 11. The van der Waals surface area contributed by atoms with Gasteiger partial charge in [0.1, 0.15) is 5.82 Å². The number of aromatic nitrogens is 2. The van der Waals surface area contributed by atoms with Crippen molar-refractivity contribution in [3.05, 3.63) is 65.4 Å². The molecular formula is C32H44N6O4. The summed E-state index contributed by atoms with van der Waals surface area (Å²) in [5.74, 6) is 0.875. The van der Waals surface area contributed by atoms with Crippen LogP contribution in [0.3, 0.4) is 0 Å². The molecule has 1 aromatic heterocycles. The van der Waals surface area contributed by atoms with Crippen LogP contribution >= 0.6 is 0 Å². The van der Waals surface area contributed by atoms with Gasteiger partial charge in [-0.25, -0.2) is 0 Å². The van der Waals surface area contributed by atoms with Crippen LogP contribution in [0.25, 0.3) is 5.70 Å². The summed E-state index contributed by atoms with van der Waals surface area (Å²) < 4.78 is 11.7. The van der Waals surface area contributed by atoms with Crippen LogP contribution < -0.4 is 9.64 Å². The Balaban J connectivity index is 1.35. The first-order chi connectivity index (χ1) is 20.5. The van der Waals surface area contributed by atoms with E-state index in [0.717, 1.165) is 79.3 Å². The van der Waals surface area contributed by atoms with E-state index in [1.54, 1.807) is 7.11 Å². The van der Waals surface area contributed by atoms with Crippen LogP contribution in [0.5, 0.6) is 6.01 Å². The number of likely N-dealkylation sites (tertiary alicyclic amines) is 1. The van der Waals surface area contributed by atoms with Crippen molar-refractivity contribution in [3.8, 4) is 6.01 Å². The van der Waals surface area contributed by atoms with Gasteiger partial charge in [-0.1, -0.05) is 30.8 Å². The van der Waals surface area contributed by atoms with Gasteiger partial charge in [0.2, 0.25) is 5.91 Å². The normalized spacial score (nSPS) is 19.6. The number of hydrogen-bond acceptors (Lipinski definition) is 9. The first-order valence-electron chi connectivity index (χ1n) is 15.1. The fourth-order valence-corrected chi connectivity index (χ4v) is 6.19. The van der Waals surface area contributed by atoms with Gasteiger partial charge in [0, 0.05) is 76.3 Å². The molecule has 0 spiro atoms. The molecule has 1 unspecified atom stereocenters. The van der Waals surface area contributed by atoms with E-state index in [0.29, 0.717) is 51.4 Å². The van der Waals surface area contributed by atoms with Crippen molar-refractivity contribution >= 4 is 17.4 Å². The molecule has 10 nitrogen and oxygen atoms in total. The molecule has 0 bridgehead atoms. The molecule has 2 saturated heterocycles. The molecule has 1 amide bonds. The highest BCUT2D eigenvalue weighted by Gasteiger charge is 2.29. The molecule has 0 aliphatic carbocycles. The third kappa shape index (κ3) is 6.94. The maximum absolute atomic E-state index is 12.2. The number of fused-ring (bicyclic) bond motifs is 1. The predicted molar refractivity (Wildman–Crippen MR) is 163 cm³/mol. The van der Waals surface area contributed by atoms with Gasteiger partial charge in [0.05, 0.1) is 31.6 Å². The number of aliphatic hydroxyl groups excluding tert-OH is 1. The van der Waals surface area contributed by atoms with E-state index in [2.05, 4.69) is 40.3 Å². The van der Waals surface area contributed by atoms with E-state index in [-0.39, 0.29) is 12.5 Å². The van der Waals surface area contributed by atoms with Crippen molar-refractivity contribution in [3.63, 3.8) is 0 Å². The second-order valence-corrected chi connectivity index (χ2v) is 11.2. The lowest BCUT2D eigenvalue weighted by Crippen LogP contribution is -2.49. The van der Waals surface area contributed by atoms with Crippen LogP contribution in [0, 0.1) is 6.92 Å². The van der Waals surface area contributed by atoms with Crippen LogP contribution in [-0.4, -0.2) is 114 Å². The Morgan fingerprint density at radius 1 is 1.12 bits per heavy atom. The Kier molecular flexibility index (Phi) is 10.1. The van der Waals surface area contributed by atoms with Gasteiger partial charge in [-0.05, 0) is 43.9 Å². The van der Waals surface area contributed by atoms with Gasteiger partial charge < -0.3 is 34.2 Å². The highest BCUT2D eigenvalue weighted by atomic mass is 16.5. The first kappa shape index (κ1) is 30.0. The number of benzene rings is 1. The third-order valence-electron chi connectivity index (χ3n) is 8.55. The highest BCUT2D eigenvalue weighted by molar-refractivity contribution is 5.87. The number of anilines is 1. The molecular weight excluding hydrogens is 532 g/mol. The van der Waals surface area contributed by atoms with Gasteiger partial charge in [-0.3, -0.25) is 4.79 Å². The first-order valence-corrected chi connectivity index (χ1v) is 15.1. The molecule has 0 radical (unpaired) electrons. The lowest BCUT2D eigenvalue weighted by molar-refractivity contribution is -0.126. The number of aliphatic hydroxyl groups is 1. The molecule has 2 aromatic rings. The summed E-state index contributed by atoms with van der Waals surface area (Å²) in [6, 6.07) is 8.66. The van der Waals surface area contributed by atoms with Gasteiger partial charge in [0.15, 0.2) is 0 Å². The minimum atomic E-state index is -0.0355. The van der Waals surface area contributed by atoms with Crippen LogP contribution in [0.15, 0.2) is 43.0 Å².